The molecule has 0 saturated carbocycles. The van der Waals surface area contributed by atoms with Crippen molar-refractivity contribution in [2.75, 3.05) is 23.3 Å². The Hall–Kier alpha value is -2.45. The van der Waals surface area contributed by atoms with Crippen molar-refractivity contribution in [2.24, 2.45) is 5.73 Å². The van der Waals surface area contributed by atoms with Gasteiger partial charge in [-0.05, 0) is 31.0 Å². The fourth-order valence-electron chi connectivity index (χ4n) is 2.66. The Morgan fingerprint density at radius 2 is 2.04 bits per heavy atom. The smallest absolute Gasteiger partial charge is 0.323 e. The Bertz CT molecular complexity index is 796. The molecule has 1 saturated heterocycles. The minimum Gasteiger partial charge on any atom is -0.480 e. The number of hydrogen-bond acceptors (Lipinski definition) is 6. The molecule has 2 heterocycles. The molecule has 1 aromatic carbocycles. The molecule has 1 aliphatic heterocycles. The van der Waals surface area contributed by atoms with Crippen molar-refractivity contribution in [3.05, 3.63) is 41.4 Å². The second-order valence-corrected chi connectivity index (χ2v) is 6.37. The van der Waals surface area contributed by atoms with Gasteiger partial charge in [0.2, 0.25) is 0 Å². The number of hydrogen-bond donors (Lipinski definition) is 3. The SMILES string of the molecule is NC1(C(=O)O)CCN(c2cc(Nc3ccc(F)c(Cl)c3)ncn2)CC1. The van der Waals surface area contributed by atoms with Gasteiger partial charge in [0.15, 0.2) is 0 Å². The van der Waals surface area contributed by atoms with Gasteiger partial charge in [-0.15, -0.1) is 0 Å². The number of nitrogens with two attached hydrogens (primary N) is 1. The molecule has 0 atom stereocenters. The summed E-state index contributed by atoms with van der Waals surface area (Å²) in [5.41, 5.74) is 5.30. The second kappa shape index (κ2) is 6.81. The van der Waals surface area contributed by atoms with Gasteiger partial charge in [-0.2, -0.15) is 0 Å². The topological polar surface area (TPSA) is 104 Å². The highest BCUT2D eigenvalue weighted by molar-refractivity contribution is 6.31. The summed E-state index contributed by atoms with van der Waals surface area (Å²) in [5, 5.41) is 12.2. The van der Waals surface area contributed by atoms with Crippen LogP contribution in [0.1, 0.15) is 12.8 Å². The molecule has 2 aromatic rings. The van der Waals surface area contributed by atoms with Crippen molar-refractivity contribution in [1.29, 1.82) is 0 Å². The van der Waals surface area contributed by atoms with Crippen molar-refractivity contribution in [3.8, 4) is 0 Å². The van der Waals surface area contributed by atoms with Gasteiger partial charge in [-0.3, -0.25) is 4.79 Å². The molecular formula is C16H17ClFN5O2. The lowest BCUT2D eigenvalue weighted by Crippen LogP contribution is -2.55. The maximum Gasteiger partial charge on any atom is 0.323 e. The second-order valence-electron chi connectivity index (χ2n) is 5.96. The number of carboxylic acids is 1. The zero-order chi connectivity index (χ0) is 18.0. The summed E-state index contributed by atoms with van der Waals surface area (Å²) >= 11 is 5.77. The number of carboxylic acid groups (broad SMARTS) is 1. The number of piperidine rings is 1. The number of rotatable bonds is 4. The van der Waals surface area contributed by atoms with Crippen molar-refractivity contribution in [2.45, 2.75) is 18.4 Å². The number of nitrogens with one attached hydrogen (secondary N) is 1. The van der Waals surface area contributed by atoms with E-state index in [1.165, 1.54) is 18.5 Å². The standard InChI is InChI=1S/C16H17ClFN5O2/c17-11-7-10(1-2-12(11)18)22-13-8-14(21-9-20-13)23-5-3-16(19,4-6-23)15(24)25/h1-2,7-9H,3-6,19H2,(H,24,25)(H,20,21,22). The first kappa shape index (κ1) is 17.4. The van der Waals surface area contributed by atoms with Crippen LogP contribution in [0.15, 0.2) is 30.6 Å². The van der Waals surface area contributed by atoms with E-state index < -0.39 is 17.3 Å². The summed E-state index contributed by atoms with van der Waals surface area (Å²) in [6.45, 7) is 0.975. The number of aromatic nitrogens is 2. The summed E-state index contributed by atoms with van der Waals surface area (Å²) in [7, 11) is 0. The van der Waals surface area contributed by atoms with Gasteiger partial charge in [0, 0.05) is 24.8 Å². The molecule has 25 heavy (non-hydrogen) atoms. The van der Waals surface area contributed by atoms with Crippen LogP contribution in [0.25, 0.3) is 0 Å². The number of benzene rings is 1. The number of halogens is 2. The van der Waals surface area contributed by atoms with Crippen LogP contribution in [0.5, 0.6) is 0 Å². The summed E-state index contributed by atoms with van der Waals surface area (Å²) in [4.78, 5) is 21.5. The van der Waals surface area contributed by atoms with Gasteiger partial charge in [0.25, 0.3) is 0 Å². The van der Waals surface area contributed by atoms with Crippen LogP contribution in [0.2, 0.25) is 5.02 Å². The molecule has 1 fully saturated rings. The zero-order valence-corrected chi connectivity index (χ0v) is 14.0. The van der Waals surface area contributed by atoms with E-state index in [4.69, 9.17) is 17.3 Å². The van der Waals surface area contributed by atoms with Crippen LogP contribution in [-0.4, -0.2) is 39.7 Å². The van der Waals surface area contributed by atoms with E-state index in [9.17, 15) is 14.3 Å². The summed E-state index contributed by atoms with van der Waals surface area (Å²) in [6, 6.07) is 6.03. The third-order valence-corrected chi connectivity index (χ3v) is 4.54. The summed E-state index contributed by atoms with van der Waals surface area (Å²) in [5.74, 6) is -0.286. The molecule has 0 bridgehead atoms. The quantitative estimate of drug-likeness (QED) is 0.764. The van der Waals surface area contributed by atoms with Crippen molar-refractivity contribution >= 4 is 34.9 Å². The Morgan fingerprint density at radius 1 is 1.32 bits per heavy atom. The van der Waals surface area contributed by atoms with Crippen LogP contribution >= 0.6 is 11.6 Å². The Morgan fingerprint density at radius 3 is 2.68 bits per heavy atom. The average molecular weight is 366 g/mol. The van der Waals surface area contributed by atoms with Crippen LogP contribution < -0.4 is 16.0 Å². The predicted molar refractivity (Wildman–Crippen MR) is 92.7 cm³/mol. The van der Waals surface area contributed by atoms with E-state index >= 15 is 0 Å². The lowest BCUT2D eigenvalue weighted by Gasteiger charge is -2.36. The predicted octanol–water partition coefficient (Wildman–Crippen LogP) is 2.39. The van der Waals surface area contributed by atoms with Gasteiger partial charge in [-0.1, -0.05) is 11.6 Å². The highest BCUT2D eigenvalue weighted by Crippen LogP contribution is 2.26. The van der Waals surface area contributed by atoms with Crippen molar-refractivity contribution in [1.82, 2.24) is 9.97 Å². The van der Waals surface area contributed by atoms with Crippen molar-refractivity contribution in [3.63, 3.8) is 0 Å². The fraction of sp³-hybridized carbons (Fsp3) is 0.312. The van der Waals surface area contributed by atoms with Crippen molar-refractivity contribution < 1.29 is 14.3 Å². The molecule has 0 spiro atoms. The largest absolute Gasteiger partial charge is 0.480 e. The van der Waals surface area contributed by atoms with Gasteiger partial charge in [0.05, 0.1) is 5.02 Å². The number of anilines is 3. The van der Waals surface area contributed by atoms with E-state index in [0.717, 1.165) is 0 Å². The minimum atomic E-state index is -1.19. The Balaban J connectivity index is 1.72. The highest BCUT2D eigenvalue weighted by atomic mass is 35.5. The van der Waals surface area contributed by atoms with E-state index in [2.05, 4.69) is 15.3 Å². The summed E-state index contributed by atoms with van der Waals surface area (Å²) < 4.78 is 13.2. The van der Waals surface area contributed by atoms with Crippen LogP contribution in [0.4, 0.5) is 21.7 Å². The lowest BCUT2D eigenvalue weighted by molar-refractivity contribution is -0.144. The molecule has 0 unspecified atom stereocenters. The van der Waals surface area contributed by atoms with Gasteiger partial charge < -0.3 is 21.1 Å². The third kappa shape index (κ3) is 3.80. The molecule has 132 valence electrons. The monoisotopic (exact) mass is 365 g/mol. The maximum absolute atomic E-state index is 13.2. The van der Waals surface area contributed by atoms with Crippen LogP contribution in [0, 0.1) is 5.82 Å². The first-order valence-corrected chi connectivity index (χ1v) is 8.06. The van der Waals surface area contributed by atoms with Gasteiger partial charge in [0.1, 0.15) is 29.3 Å². The molecule has 9 heteroatoms. The van der Waals surface area contributed by atoms with Crippen LogP contribution in [-0.2, 0) is 4.79 Å². The molecule has 1 aliphatic rings. The molecule has 0 radical (unpaired) electrons. The third-order valence-electron chi connectivity index (χ3n) is 4.25. The minimum absolute atomic E-state index is 0.0169. The van der Waals surface area contributed by atoms with E-state index in [1.54, 1.807) is 12.1 Å². The van der Waals surface area contributed by atoms with Crippen LogP contribution in [0.3, 0.4) is 0 Å². The zero-order valence-electron chi connectivity index (χ0n) is 13.2. The first-order chi connectivity index (χ1) is 11.9. The Labute approximate surface area is 148 Å². The number of nitrogens with zero attached hydrogens (tertiary/aromatic N) is 3. The average Bonchev–Trinajstić information content (AvgIpc) is 2.59. The Kier molecular flexibility index (Phi) is 4.73. The highest BCUT2D eigenvalue weighted by Gasteiger charge is 2.37. The molecule has 3 rings (SSSR count). The normalized spacial score (nSPS) is 16.5. The molecule has 0 amide bonds. The molecular weight excluding hydrogens is 349 g/mol. The molecule has 4 N–H and O–H groups in total. The van der Waals surface area contributed by atoms with E-state index in [-0.39, 0.29) is 5.02 Å². The fourth-order valence-corrected chi connectivity index (χ4v) is 2.84. The molecule has 0 aliphatic carbocycles. The lowest BCUT2D eigenvalue weighted by atomic mass is 9.89. The number of carbonyl (C=O) groups is 1. The molecule has 7 nitrogen and oxygen atoms in total. The summed E-state index contributed by atoms with van der Waals surface area (Å²) in [6.07, 6.45) is 2.08. The molecule has 1 aromatic heterocycles. The first-order valence-electron chi connectivity index (χ1n) is 7.69. The van der Waals surface area contributed by atoms with E-state index in [1.807, 2.05) is 4.90 Å². The maximum atomic E-state index is 13.2. The number of aliphatic carboxylic acids is 1. The van der Waals surface area contributed by atoms with Gasteiger partial charge >= 0.3 is 5.97 Å². The van der Waals surface area contributed by atoms with Gasteiger partial charge in [-0.25, -0.2) is 14.4 Å². The van der Waals surface area contributed by atoms with E-state index in [0.29, 0.717) is 43.3 Å².